The summed E-state index contributed by atoms with van der Waals surface area (Å²) < 4.78 is 0. The van der Waals surface area contributed by atoms with E-state index in [1.54, 1.807) is 6.07 Å². The zero-order valence-corrected chi connectivity index (χ0v) is 15.9. The van der Waals surface area contributed by atoms with E-state index in [-0.39, 0.29) is 17.5 Å². The molecule has 1 aromatic heterocycles. The third kappa shape index (κ3) is 5.04. The second-order valence-corrected chi connectivity index (χ2v) is 8.01. The lowest BCUT2D eigenvalue weighted by Gasteiger charge is -2.24. The number of benzene rings is 1. The summed E-state index contributed by atoms with van der Waals surface area (Å²) in [5.41, 5.74) is 1.16. The van der Waals surface area contributed by atoms with Crippen LogP contribution >= 0.6 is 0 Å². The first-order valence-corrected chi connectivity index (χ1v) is 9.44. The summed E-state index contributed by atoms with van der Waals surface area (Å²) in [7, 11) is 0. The molecule has 0 aliphatic heterocycles. The summed E-state index contributed by atoms with van der Waals surface area (Å²) in [5, 5.41) is 6.51. The number of carbonyl (C=O) groups is 1. The molecule has 1 aromatic carbocycles. The number of amides is 1. The van der Waals surface area contributed by atoms with Gasteiger partial charge in [0.15, 0.2) is 5.82 Å². The molecule has 1 aliphatic carbocycles. The highest BCUT2D eigenvalue weighted by atomic mass is 16.1. The number of anilines is 1. The molecule has 5 heteroatoms. The fourth-order valence-corrected chi connectivity index (χ4v) is 3.23. The lowest BCUT2D eigenvalue weighted by Crippen LogP contribution is -2.37. The van der Waals surface area contributed by atoms with Crippen LogP contribution in [0.15, 0.2) is 36.4 Å². The minimum atomic E-state index is -0.153. The maximum atomic E-state index is 12.8. The smallest absolute Gasteiger partial charge is 0.270 e. The Morgan fingerprint density at radius 3 is 2.38 bits per heavy atom. The van der Waals surface area contributed by atoms with Crippen LogP contribution in [-0.4, -0.2) is 27.5 Å². The molecule has 1 heterocycles. The van der Waals surface area contributed by atoms with Gasteiger partial charge in [0.05, 0.1) is 0 Å². The minimum Gasteiger partial charge on any atom is -0.365 e. The molecule has 1 saturated carbocycles. The molecule has 0 unspecified atom stereocenters. The molecule has 3 rings (SSSR count). The molecule has 0 bridgehead atoms. The third-order valence-electron chi connectivity index (χ3n) is 4.43. The Morgan fingerprint density at radius 1 is 1.04 bits per heavy atom. The number of aromatic nitrogens is 2. The monoisotopic (exact) mass is 352 g/mol. The van der Waals surface area contributed by atoms with Gasteiger partial charge in [-0.1, -0.05) is 49.6 Å². The third-order valence-corrected chi connectivity index (χ3v) is 4.43. The zero-order chi connectivity index (χ0) is 18.6. The van der Waals surface area contributed by atoms with Gasteiger partial charge < -0.3 is 10.6 Å². The highest BCUT2D eigenvalue weighted by Crippen LogP contribution is 2.21. The van der Waals surface area contributed by atoms with E-state index in [9.17, 15) is 4.79 Å². The van der Waals surface area contributed by atoms with Gasteiger partial charge in [-0.2, -0.15) is 0 Å². The molecular weight excluding hydrogens is 324 g/mol. The first-order chi connectivity index (χ1) is 12.4. The molecule has 26 heavy (non-hydrogen) atoms. The molecule has 138 valence electrons. The van der Waals surface area contributed by atoms with Gasteiger partial charge in [-0.05, 0) is 33.6 Å². The van der Waals surface area contributed by atoms with Gasteiger partial charge in [-0.3, -0.25) is 4.79 Å². The molecule has 5 nitrogen and oxygen atoms in total. The van der Waals surface area contributed by atoms with E-state index in [1.807, 2.05) is 30.3 Å². The molecule has 2 aromatic rings. The molecule has 0 atom stereocenters. The Hall–Kier alpha value is -2.43. The molecule has 0 radical (unpaired) electrons. The van der Waals surface area contributed by atoms with Gasteiger partial charge in [-0.15, -0.1) is 0 Å². The Labute approximate surface area is 155 Å². The van der Waals surface area contributed by atoms with Crippen molar-refractivity contribution in [3.05, 3.63) is 42.1 Å². The van der Waals surface area contributed by atoms with E-state index >= 15 is 0 Å². The number of hydrogen-bond acceptors (Lipinski definition) is 4. The van der Waals surface area contributed by atoms with Crippen LogP contribution in [0.5, 0.6) is 0 Å². The Bertz CT molecular complexity index is 746. The average molecular weight is 352 g/mol. The van der Waals surface area contributed by atoms with E-state index < -0.39 is 0 Å². The molecule has 1 amide bonds. The van der Waals surface area contributed by atoms with Gasteiger partial charge in [0.2, 0.25) is 0 Å². The average Bonchev–Trinajstić information content (AvgIpc) is 2.61. The first-order valence-electron chi connectivity index (χ1n) is 9.44. The maximum Gasteiger partial charge on any atom is 0.270 e. The Morgan fingerprint density at radius 2 is 1.73 bits per heavy atom. The Kier molecular flexibility index (Phi) is 5.55. The van der Waals surface area contributed by atoms with Gasteiger partial charge in [-0.25, -0.2) is 9.97 Å². The van der Waals surface area contributed by atoms with Crippen molar-refractivity contribution < 1.29 is 4.79 Å². The highest BCUT2D eigenvalue weighted by molar-refractivity contribution is 5.93. The van der Waals surface area contributed by atoms with Crippen molar-refractivity contribution in [2.45, 2.75) is 64.5 Å². The lowest BCUT2D eigenvalue weighted by atomic mass is 9.95. The van der Waals surface area contributed by atoms with Crippen molar-refractivity contribution in [1.82, 2.24) is 15.3 Å². The summed E-state index contributed by atoms with van der Waals surface area (Å²) >= 11 is 0. The largest absolute Gasteiger partial charge is 0.365 e. The van der Waals surface area contributed by atoms with Crippen molar-refractivity contribution >= 4 is 11.7 Å². The van der Waals surface area contributed by atoms with E-state index in [2.05, 4.69) is 41.4 Å². The molecular formula is C21H28N4O. The minimum absolute atomic E-state index is 0.117. The van der Waals surface area contributed by atoms with Crippen LogP contribution in [-0.2, 0) is 0 Å². The summed E-state index contributed by atoms with van der Waals surface area (Å²) in [6.07, 6.45) is 5.73. The predicted molar refractivity (Wildman–Crippen MR) is 105 cm³/mol. The zero-order valence-electron chi connectivity index (χ0n) is 15.9. The van der Waals surface area contributed by atoms with E-state index in [0.29, 0.717) is 17.3 Å². The van der Waals surface area contributed by atoms with Gasteiger partial charge >= 0.3 is 0 Å². The van der Waals surface area contributed by atoms with Crippen LogP contribution in [0.1, 0.15) is 63.4 Å². The van der Waals surface area contributed by atoms with Crippen LogP contribution < -0.4 is 10.6 Å². The SMILES string of the molecule is CC(C)(C)Nc1cc(C(=O)NC2CCCCC2)nc(-c2ccccc2)n1. The second-order valence-electron chi connectivity index (χ2n) is 8.01. The van der Waals surface area contributed by atoms with Crippen molar-refractivity contribution in [2.24, 2.45) is 0 Å². The number of nitrogens with one attached hydrogen (secondary N) is 2. The summed E-state index contributed by atoms with van der Waals surface area (Å²) in [5.74, 6) is 1.11. The fraction of sp³-hybridized carbons (Fsp3) is 0.476. The second kappa shape index (κ2) is 7.85. The summed E-state index contributed by atoms with van der Waals surface area (Å²) in [4.78, 5) is 21.9. The standard InChI is InChI=1S/C21H28N4O/c1-21(2,3)25-18-14-17(20(26)22-16-12-8-5-9-13-16)23-19(24-18)15-10-6-4-7-11-15/h4,6-7,10-11,14,16H,5,8-9,12-13H2,1-3H3,(H,22,26)(H,23,24,25). The van der Waals surface area contributed by atoms with Crippen LogP contribution in [0.2, 0.25) is 0 Å². The Balaban J connectivity index is 1.89. The molecule has 1 aliphatic rings. The normalized spacial score (nSPS) is 15.5. The summed E-state index contributed by atoms with van der Waals surface area (Å²) in [6.45, 7) is 6.21. The topological polar surface area (TPSA) is 66.9 Å². The lowest BCUT2D eigenvalue weighted by molar-refractivity contribution is 0.0922. The van der Waals surface area contributed by atoms with E-state index in [1.165, 1.54) is 19.3 Å². The van der Waals surface area contributed by atoms with Crippen molar-refractivity contribution in [3.8, 4) is 11.4 Å². The van der Waals surface area contributed by atoms with Gasteiger partial charge in [0.25, 0.3) is 5.91 Å². The molecule has 0 saturated heterocycles. The first kappa shape index (κ1) is 18.4. The molecule has 2 N–H and O–H groups in total. The predicted octanol–water partition coefficient (Wildman–Crippen LogP) is 4.42. The number of nitrogens with zero attached hydrogens (tertiary/aromatic N) is 2. The highest BCUT2D eigenvalue weighted by Gasteiger charge is 2.20. The van der Waals surface area contributed by atoms with Crippen LogP contribution in [0, 0.1) is 0 Å². The molecule has 0 spiro atoms. The van der Waals surface area contributed by atoms with Crippen molar-refractivity contribution in [3.63, 3.8) is 0 Å². The maximum absolute atomic E-state index is 12.8. The number of rotatable bonds is 4. The number of hydrogen-bond donors (Lipinski definition) is 2. The van der Waals surface area contributed by atoms with E-state index in [4.69, 9.17) is 0 Å². The van der Waals surface area contributed by atoms with Crippen LogP contribution in [0.4, 0.5) is 5.82 Å². The van der Waals surface area contributed by atoms with Gasteiger partial charge in [0, 0.05) is 23.2 Å². The van der Waals surface area contributed by atoms with Crippen molar-refractivity contribution in [1.29, 1.82) is 0 Å². The van der Waals surface area contributed by atoms with E-state index in [0.717, 1.165) is 18.4 Å². The molecule has 1 fully saturated rings. The van der Waals surface area contributed by atoms with Crippen LogP contribution in [0.25, 0.3) is 11.4 Å². The fourth-order valence-electron chi connectivity index (χ4n) is 3.23. The number of carbonyl (C=O) groups excluding carboxylic acids is 1. The van der Waals surface area contributed by atoms with Crippen molar-refractivity contribution in [2.75, 3.05) is 5.32 Å². The quantitative estimate of drug-likeness (QED) is 0.855. The summed E-state index contributed by atoms with van der Waals surface area (Å²) in [6, 6.07) is 11.8. The van der Waals surface area contributed by atoms with Crippen LogP contribution in [0.3, 0.4) is 0 Å². The van der Waals surface area contributed by atoms with Gasteiger partial charge in [0.1, 0.15) is 11.5 Å².